The van der Waals surface area contributed by atoms with Gasteiger partial charge in [-0.3, -0.25) is 0 Å². The Balaban J connectivity index is 2.16. The first kappa shape index (κ1) is 6.48. The van der Waals surface area contributed by atoms with E-state index in [0.29, 0.717) is 11.8 Å². The Morgan fingerprint density at radius 2 is 2.36 bits per heavy atom. The van der Waals surface area contributed by atoms with Gasteiger partial charge in [-0.15, -0.1) is 0 Å². The summed E-state index contributed by atoms with van der Waals surface area (Å²) in [6, 6.07) is 2.27. The predicted molar refractivity (Wildman–Crippen MR) is 40.3 cm³/mol. The van der Waals surface area contributed by atoms with E-state index in [1.165, 1.54) is 0 Å². The molecule has 2 rings (SSSR count). The molecular weight excluding hydrogens is 138 g/mol. The molecule has 56 valence electrons. The highest BCUT2D eigenvalue weighted by Gasteiger charge is 2.48. The van der Waals surface area contributed by atoms with Crippen molar-refractivity contribution in [2.45, 2.75) is 0 Å². The van der Waals surface area contributed by atoms with Crippen molar-refractivity contribution in [2.75, 3.05) is 7.11 Å². The molecule has 0 aromatic rings. The first-order valence-corrected chi connectivity index (χ1v) is 3.70. The standard InChI is InChI=1S/C9H9NO/c1-11-6-2-3-7-8(4-6)9(7)5-10/h2-4,7-9H,1H3. The third-order valence-electron chi connectivity index (χ3n) is 2.36. The minimum Gasteiger partial charge on any atom is -0.497 e. The Morgan fingerprint density at radius 3 is 3.00 bits per heavy atom. The van der Waals surface area contributed by atoms with Crippen molar-refractivity contribution in [3.8, 4) is 6.07 Å². The van der Waals surface area contributed by atoms with Gasteiger partial charge in [0.05, 0.1) is 19.1 Å². The molecule has 2 aliphatic rings. The zero-order chi connectivity index (χ0) is 7.84. The second-order valence-corrected chi connectivity index (χ2v) is 2.94. The van der Waals surface area contributed by atoms with E-state index < -0.39 is 0 Å². The second kappa shape index (κ2) is 2.13. The summed E-state index contributed by atoms with van der Waals surface area (Å²) in [5, 5.41) is 8.64. The number of hydrogen-bond donors (Lipinski definition) is 0. The normalized spacial score (nSPS) is 38.5. The molecule has 0 radical (unpaired) electrons. The van der Waals surface area contributed by atoms with E-state index in [0.717, 1.165) is 5.76 Å². The maximum Gasteiger partial charge on any atom is 0.114 e. The van der Waals surface area contributed by atoms with Gasteiger partial charge in [0.25, 0.3) is 0 Å². The van der Waals surface area contributed by atoms with Gasteiger partial charge in [0, 0.05) is 11.8 Å². The van der Waals surface area contributed by atoms with Gasteiger partial charge in [0.2, 0.25) is 0 Å². The summed E-state index contributed by atoms with van der Waals surface area (Å²) in [5.74, 6) is 2.00. The number of ether oxygens (including phenoxy) is 1. The maximum atomic E-state index is 8.64. The summed E-state index contributed by atoms with van der Waals surface area (Å²) in [6.07, 6.45) is 6.05. The monoisotopic (exact) mass is 147 g/mol. The molecular formula is C9H9NO. The molecule has 0 amide bonds. The quantitative estimate of drug-likeness (QED) is 0.562. The number of allylic oxidation sites excluding steroid dienone is 3. The van der Waals surface area contributed by atoms with Crippen molar-refractivity contribution in [3.05, 3.63) is 24.0 Å². The molecule has 1 fully saturated rings. The van der Waals surface area contributed by atoms with Gasteiger partial charge in [-0.05, 0) is 12.2 Å². The number of nitriles is 1. The van der Waals surface area contributed by atoms with E-state index in [4.69, 9.17) is 10.00 Å². The SMILES string of the molecule is COC1=CC2C(C#N)C2C=C1. The minimum atomic E-state index is 0.207. The van der Waals surface area contributed by atoms with Crippen LogP contribution in [0.15, 0.2) is 24.0 Å². The van der Waals surface area contributed by atoms with Crippen LogP contribution in [0.2, 0.25) is 0 Å². The Hall–Kier alpha value is -1.23. The topological polar surface area (TPSA) is 33.0 Å². The summed E-state index contributed by atoms with van der Waals surface area (Å²) in [6.45, 7) is 0. The van der Waals surface area contributed by atoms with Gasteiger partial charge in [0.1, 0.15) is 5.76 Å². The molecule has 0 saturated heterocycles. The summed E-state index contributed by atoms with van der Waals surface area (Å²) in [4.78, 5) is 0. The fourth-order valence-electron chi connectivity index (χ4n) is 1.58. The molecule has 2 heteroatoms. The van der Waals surface area contributed by atoms with Gasteiger partial charge in [-0.1, -0.05) is 6.08 Å². The van der Waals surface area contributed by atoms with Crippen LogP contribution in [0.1, 0.15) is 0 Å². The van der Waals surface area contributed by atoms with Gasteiger partial charge < -0.3 is 4.74 Å². The number of rotatable bonds is 1. The van der Waals surface area contributed by atoms with Crippen molar-refractivity contribution in [3.63, 3.8) is 0 Å². The fourth-order valence-corrected chi connectivity index (χ4v) is 1.58. The molecule has 0 aliphatic heterocycles. The summed E-state index contributed by atoms with van der Waals surface area (Å²) in [7, 11) is 1.65. The van der Waals surface area contributed by atoms with Gasteiger partial charge in [0.15, 0.2) is 0 Å². The molecule has 0 aromatic carbocycles. The second-order valence-electron chi connectivity index (χ2n) is 2.94. The first-order chi connectivity index (χ1) is 5.36. The highest BCUT2D eigenvalue weighted by molar-refractivity contribution is 5.32. The van der Waals surface area contributed by atoms with Crippen molar-refractivity contribution in [2.24, 2.45) is 17.8 Å². The minimum absolute atomic E-state index is 0.207. The first-order valence-electron chi connectivity index (χ1n) is 3.70. The zero-order valence-corrected chi connectivity index (χ0v) is 6.32. The number of hydrogen-bond acceptors (Lipinski definition) is 2. The number of nitrogens with zero attached hydrogens (tertiary/aromatic N) is 1. The van der Waals surface area contributed by atoms with Crippen molar-refractivity contribution < 1.29 is 4.74 Å². The largest absolute Gasteiger partial charge is 0.497 e. The van der Waals surface area contributed by atoms with E-state index in [9.17, 15) is 0 Å². The molecule has 0 aromatic heterocycles. The van der Waals surface area contributed by atoms with Crippen LogP contribution in [0.3, 0.4) is 0 Å². The Kier molecular flexibility index (Phi) is 1.25. The predicted octanol–water partition coefficient (Wildman–Crippen LogP) is 1.47. The van der Waals surface area contributed by atoms with E-state index >= 15 is 0 Å². The lowest BCUT2D eigenvalue weighted by Crippen LogP contribution is -1.88. The molecule has 0 heterocycles. The van der Waals surface area contributed by atoms with Crippen LogP contribution < -0.4 is 0 Å². The van der Waals surface area contributed by atoms with E-state index in [2.05, 4.69) is 12.1 Å². The highest BCUT2D eigenvalue weighted by atomic mass is 16.5. The molecule has 11 heavy (non-hydrogen) atoms. The molecule has 0 bridgehead atoms. The highest BCUT2D eigenvalue weighted by Crippen LogP contribution is 2.50. The van der Waals surface area contributed by atoms with E-state index in [1.807, 2.05) is 12.2 Å². The average molecular weight is 147 g/mol. The van der Waals surface area contributed by atoms with Crippen LogP contribution >= 0.6 is 0 Å². The van der Waals surface area contributed by atoms with Gasteiger partial charge >= 0.3 is 0 Å². The smallest absolute Gasteiger partial charge is 0.114 e. The molecule has 2 nitrogen and oxygen atoms in total. The van der Waals surface area contributed by atoms with Crippen LogP contribution in [0.5, 0.6) is 0 Å². The van der Waals surface area contributed by atoms with E-state index in [-0.39, 0.29) is 5.92 Å². The third-order valence-corrected chi connectivity index (χ3v) is 2.36. The zero-order valence-electron chi connectivity index (χ0n) is 6.32. The van der Waals surface area contributed by atoms with Crippen molar-refractivity contribution in [1.82, 2.24) is 0 Å². The van der Waals surface area contributed by atoms with Crippen LogP contribution in [0.25, 0.3) is 0 Å². The van der Waals surface area contributed by atoms with Gasteiger partial charge in [-0.25, -0.2) is 0 Å². The molecule has 1 saturated carbocycles. The maximum absolute atomic E-state index is 8.64. The molecule has 0 spiro atoms. The molecule has 0 N–H and O–H groups in total. The van der Waals surface area contributed by atoms with Crippen LogP contribution in [-0.2, 0) is 4.74 Å². The average Bonchev–Trinajstić information content (AvgIpc) is 2.76. The third kappa shape index (κ3) is 0.848. The number of fused-ring (bicyclic) bond motifs is 1. The summed E-state index contributed by atoms with van der Waals surface area (Å²) in [5.41, 5.74) is 0. The summed E-state index contributed by atoms with van der Waals surface area (Å²) < 4.78 is 5.05. The Bertz CT molecular complexity index is 272. The molecule has 2 aliphatic carbocycles. The molecule has 3 atom stereocenters. The fraction of sp³-hybridized carbons (Fsp3) is 0.444. The van der Waals surface area contributed by atoms with Gasteiger partial charge in [-0.2, -0.15) is 5.26 Å². The summed E-state index contributed by atoms with van der Waals surface area (Å²) >= 11 is 0. The lowest BCUT2D eigenvalue weighted by atomic mass is 10.2. The number of methoxy groups -OCH3 is 1. The van der Waals surface area contributed by atoms with Crippen molar-refractivity contribution >= 4 is 0 Å². The lowest BCUT2D eigenvalue weighted by Gasteiger charge is -2.02. The molecule has 3 unspecified atom stereocenters. The van der Waals surface area contributed by atoms with Crippen molar-refractivity contribution in [1.29, 1.82) is 5.26 Å². The Morgan fingerprint density at radius 1 is 1.55 bits per heavy atom. The Labute approximate surface area is 65.8 Å². The van der Waals surface area contributed by atoms with E-state index in [1.54, 1.807) is 7.11 Å². The van der Waals surface area contributed by atoms with Crippen LogP contribution in [0, 0.1) is 29.1 Å². The van der Waals surface area contributed by atoms with Crippen LogP contribution in [-0.4, -0.2) is 7.11 Å². The lowest BCUT2D eigenvalue weighted by molar-refractivity contribution is 0.303. The van der Waals surface area contributed by atoms with Crippen LogP contribution in [0.4, 0.5) is 0 Å².